The first-order chi connectivity index (χ1) is 10.1. The second-order valence-corrected chi connectivity index (χ2v) is 6.12. The van der Waals surface area contributed by atoms with Crippen LogP contribution in [0.15, 0.2) is 18.9 Å². The molecule has 2 rings (SSSR count). The van der Waals surface area contributed by atoms with Gasteiger partial charge in [-0.3, -0.25) is 9.48 Å². The largest absolute Gasteiger partial charge is 0.349 e. The Hall–Kier alpha value is -1.58. The van der Waals surface area contributed by atoms with Gasteiger partial charge in [-0.1, -0.05) is 18.9 Å². The Kier molecular flexibility index (Phi) is 5.59. The van der Waals surface area contributed by atoms with Crippen LogP contribution in [-0.4, -0.2) is 21.7 Å². The molecular weight excluding hydrogens is 262 g/mol. The first kappa shape index (κ1) is 15.8. The number of nitrogens with zero attached hydrogens (tertiary/aromatic N) is 2. The Morgan fingerprint density at radius 2 is 2.29 bits per heavy atom. The lowest BCUT2D eigenvalue weighted by Gasteiger charge is -2.14. The van der Waals surface area contributed by atoms with Crippen LogP contribution in [0.25, 0.3) is 0 Å². The highest BCUT2D eigenvalue weighted by molar-refractivity contribution is 5.95. The molecule has 1 saturated carbocycles. The Labute approximate surface area is 127 Å². The predicted molar refractivity (Wildman–Crippen MR) is 85.4 cm³/mol. The van der Waals surface area contributed by atoms with E-state index in [-0.39, 0.29) is 11.9 Å². The van der Waals surface area contributed by atoms with Crippen molar-refractivity contribution in [2.75, 3.05) is 0 Å². The van der Waals surface area contributed by atoms with Gasteiger partial charge in [0, 0.05) is 11.7 Å². The molecule has 0 aromatic carbocycles. The third-order valence-corrected chi connectivity index (χ3v) is 4.38. The van der Waals surface area contributed by atoms with Crippen molar-refractivity contribution in [2.45, 2.75) is 70.9 Å². The molecule has 0 spiro atoms. The van der Waals surface area contributed by atoms with E-state index in [2.05, 4.69) is 23.9 Å². The summed E-state index contributed by atoms with van der Waals surface area (Å²) < 4.78 is 2.05. The smallest absolute Gasteiger partial charge is 0.254 e. The quantitative estimate of drug-likeness (QED) is 0.613. The zero-order chi connectivity index (χ0) is 15.2. The van der Waals surface area contributed by atoms with Crippen molar-refractivity contribution in [1.82, 2.24) is 15.1 Å². The molecule has 1 N–H and O–H groups in total. The number of hydrogen-bond donors (Lipinski definition) is 1. The number of hydrogen-bond acceptors (Lipinski definition) is 2. The third-order valence-electron chi connectivity index (χ3n) is 4.38. The molecule has 0 aliphatic heterocycles. The topological polar surface area (TPSA) is 46.9 Å². The Morgan fingerprint density at radius 1 is 1.57 bits per heavy atom. The number of amides is 1. The maximum Gasteiger partial charge on any atom is 0.254 e. The molecule has 1 atom stereocenters. The number of carbonyl (C=O) groups excluding carboxylic acids is 1. The second-order valence-electron chi connectivity index (χ2n) is 6.12. The molecule has 4 nitrogen and oxygen atoms in total. The molecule has 1 unspecified atom stereocenters. The van der Waals surface area contributed by atoms with E-state index < -0.39 is 0 Å². The Balaban J connectivity index is 1.94. The molecule has 116 valence electrons. The molecule has 1 heterocycles. The summed E-state index contributed by atoms with van der Waals surface area (Å²) in [5, 5.41) is 7.52. The predicted octanol–water partition coefficient (Wildman–Crippen LogP) is 3.78. The van der Waals surface area contributed by atoms with Gasteiger partial charge in [0.1, 0.15) is 0 Å². The molecule has 1 amide bonds. The highest BCUT2D eigenvalue weighted by Gasteiger charge is 2.22. The summed E-state index contributed by atoms with van der Waals surface area (Å²) >= 11 is 0. The van der Waals surface area contributed by atoms with Gasteiger partial charge >= 0.3 is 0 Å². The van der Waals surface area contributed by atoms with E-state index >= 15 is 0 Å². The van der Waals surface area contributed by atoms with Gasteiger partial charge in [0.25, 0.3) is 5.91 Å². The van der Waals surface area contributed by atoms with Crippen molar-refractivity contribution >= 4 is 5.91 Å². The summed E-state index contributed by atoms with van der Waals surface area (Å²) in [5.41, 5.74) is 1.72. The summed E-state index contributed by atoms with van der Waals surface area (Å²) in [6, 6.07) is 0.670. The van der Waals surface area contributed by atoms with Crippen molar-refractivity contribution in [3.05, 3.63) is 30.1 Å². The van der Waals surface area contributed by atoms with Crippen LogP contribution in [-0.2, 0) is 0 Å². The van der Waals surface area contributed by atoms with Crippen LogP contribution in [0, 0.1) is 6.92 Å². The van der Waals surface area contributed by atoms with E-state index in [1.54, 1.807) is 6.20 Å². The van der Waals surface area contributed by atoms with Gasteiger partial charge in [-0.15, -0.1) is 6.58 Å². The van der Waals surface area contributed by atoms with Crippen molar-refractivity contribution in [1.29, 1.82) is 0 Å². The molecule has 1 aromatic rings. The van der Waals surface area contributed by atoms with Crippen LogP contribution in [0.4, 0.5) is 0 Å². The van der Waals surface area contributed by atoms with E-state index in [4.69, 9.17) is 0 Å². The van der Waals surface area contributed by atoms with E-state index in [1.807, 2.05) is 17.7 Å². The summed E-state index contributed by atoms with van der Waals surface area (Å²) in [4.78, 5) is 12.4. The van der Waals surface area contributed by atoms with Crippen LogP contribution >= 0.6 is 0 Å². The van der Waals surface area contributed by atoms with Gasteiger partial charge in [-0.05, 0) is 46.0 Å². The number of allylic oxidation sites excluding steroid dienone is 1. The lowest BCUT2D eigenvalue weighted by Crippen LogP contribution is -2.32. The Bertz CT molecular complexity index is 486. The number of nitrogens with one attached hydrogen (secondary N) is 1. The summed E-state index contributed by atoms with van der Waals surface area (Å²) in [6.45, 7) is 7.78. The van der Waals surface area contributed by atoms with Crippen molar-refractivity contribution < 1.29 is 4.79 Å². The van der Waals surface area contributed by atoms with Gasteiger partial charge in [-0.25, -0.2) is 0 Å². The number of rotatable bonds is 7. The van der Waals surface area contributed by atoms with E-state index in [1.165, 1.54) is 25.7 Å². The standard InChI is InChI=1S/C17H27N3O/c1-4-5-6-9-13(2)19-17(21)16-12-18-20(14(16)3)15-10-7-8-11-15/h4,12-13,15H,1,5-11H2,2-3H3,(H,19,21). The summed E-state index contributed by atoms with van der Waals surface area (Å²) in [5.74, 6) is 0.00264. The van der Waals surface area contributed by atoms with Gasteiger partial charge in [0.15, 0.2) is 0 Å². The molecular formula is C17H27N3O. The average molecular weight is 289 g/mol. The van der Waals surface area contributed by atoms with Crippen LogP contribution in [0.1, 0.15) is 74.0 Å². The summed E-state index contributed by atoms with van der Waals surface area (Å²) in [7, 11) is 0. The fourth-order valence-corrected chi connectivity index (χ4v) is 3.11. The molecule has 21 heavy (non-hydrogen) atoms. The first-order valence-electron chi connectivity index (χ1n) is 8.09. The van der Waals surface area contributed by atoms with Crippen LogP contribution in [0.2, 0.25) is 0 Å². The van der Waals surface area contributed by atoms with Gasteiger partial charge < -0.3 is 5.32 Å². The van der Waals surface area contributed by atoms with Crippen LogP contribution in [0.3, 0.4) is 0 Å². The molecule has 0 bridgehead atoms. The fourth-order valence-electron chi connectivity index (χ4n) is 3.11. The minimum atomic E-state index is 0.00264. The normalized spacial score (nSPS) is 16.9. The summed E-state index contributed by atoms with van der Waals surface area (Å²) in [6.07, 6.45) is 11.6. The molecule has 1 aliphatic carbocycles. The van der Waals surface area contributed by atoms with Gasteiger partial charge in [0.05, 0.1) is 17.8 Å². The number of aromatic nitrogens is 2. The van der Waals surface area contributed by atoms with Crippen molar-refractivity contribution in [3.8, 4) is 0 Å². The monoisotopic (exact) mass is 289 g/mol. The number of carbonyl (C=O) groups is 1. The van der Waals surface area contributed by atoms with Crippen molar-refractivity contribution in [2.24, 2.45) is 0 Å². The highest BCUT2D eigenvalue weighted by atomic mass is 16.1. The maximum absolute atomic E-state index is 12.4. The van der Waals surface area contributed by atoms with E-state index in [0.29, 0.717) is 6.04 Å². The molecule has 1 fully saturated rings. The molecule has 1 aromatic heterocycles. The second kappa shape index (κ2) is 7.43. The maximum atomic E-state index is 12.4. The zero-order valence-electron chi connectivity index (χ0n) is 13.3. The van der Waals surface area contributed by atoms with Crippen molar-refractivity contribution in [3.63, 3.8) is 0 Å². The molecule has 4 heteroatoms. The highest BCUT2D eigenvalue weighted by Crippen LogP contribution is 2.30. The molecule has 0 radical (unpaired) electrons. The molecule has 1 aliphatic rings. The lowest BCUT2D eigenvalue weighted by atomic mass is 10.1. The average Bonchev–Trinajstić information content (AvgIpc) is 3.07. The Morgan fingerprint density at radius 3 is 2.95 bits per heavy atom. The van der Waals surface area contributed by atoms with Gasteiger partial charge in [-0.2, -0.15) is 5.10 Å². The lowest BCUT2D eigenvalue weighted by molar-refractivity contribution is 0.0937. The minimum Gasteiger partial charge on any atom is -0.349 e. The van der Waals surface area contributed by atoms with Gasteiger partial charge in [0.2, 0.25) is 0 Å². The fraction of sp³-hybridized carbons (Fsp3) is 0.647. The number of unbranched alkanes of at least 4 members (excludes halogenated alkanes) is 1. The first-order valence-corrected chi connectivity index (χ1v) is 8.09. The van der Waals surface area contributed by atoms with E-state index in [0.717, 1.165) is 30.5 Å². The minimum absolute atomic E-state index is 0.00264. The van der Waals surface area contributed by atoms with Crippen LogP contribution < -0.4 is 5.32 Å². The van der Waals surface area contributed by atoms with E-state index in [9.17, 15) is 4.79 Å². The molecule has 0 saturated heterocycles. The van der Waals surface area contributed by atoms with Crippen LogP contribution in [0.5, 0.6) is 0 Å². The SMILES string of the molecule is C=CCCCC(C)NC(=O)c1cnn(C2CCCC2)c1C. The third kappa shape index (κ3) is 3.96. The zero-order valence-corrected chi connectivity index (χ0v) is 13.3.